The monoisotopic (exact) mass is 548 g/mol. The number of benzene rings is 2. The number of halogens is 3. The Morgan fingerprint density at radius 1 is 1.19 bits per heavy atom. The van der Waals surface area contributed by atoms with Crippen molar-refractivity contribution in [3.8, 4) is 0 Å². The molecule has 0 unspecified atom stereocenters. The number of nitrogens with zero attached hydrogens (tertiary/aromatic N) is 1. The maximum atomic E-state index is 13.8. The number of nitrogens with one attached hydrogen (secondary N) is 3. The first-order chi connectivity index (χ1) is 12.5. The van der Waals surface area contributed by atoms with Crippen LogP contribution < -0.4 is 16.0 Å². The highest BCUT2D eigenvalue weighted by molar-refractivity contribution is 14.0. The van der Waals surface area contributed by atoms with Gasteiger partial charge in [-0.15, -0.1) is 24.0 Å². The van der Waals surface area contributed by atoms with Crippen molar-refractivity contribution >= 4 is 51.8 Å². The van der Waals surface area contributed by atoms with Crippen LogP contribution in [0.15, 0.2) is 51.9 Å². The summed E-state index contributed by atoms with van der Waals surface area (Å²) in [4.78, 5) is 15.8. The summed E-state index contributed by atoms with van der Waals surface area (Å²) >= 11 is 3.24. The lowest BCUT2D eigenvalue weighted by molar-refractivity contribution is 0.0963. The molecule has 0 saturated carbocycles. The van der Waals surface area contributed by atoms with Crippen molar-refractivity contribution in [2.75, 3.05) is 20.6 Å². The topological polar surface area (TPSA) is 65.5 Å². The Kier molecular flexibility index (Phi) is 10.3. The van der Waals surface area contributed by atoms with E-state index in [0.29, 0.717) is 34.6 Å². The first-order valence-corrected chi connectivity index (χ1v) is 9.02. The summed E-state index contributed by atoms with van der Waals surface area (Å²) in [5, 5.41) is 8.89. The molecule has 0 heterocycles. The molecule has 0 aliphatic heterocycles. The van der Waals surface area contributed by atoms with Gasteiger partial charge in [0, 0.05) is 42.8 Å². The highest BCUT2D eigenvalue weighted by atomic mass is 127. The lowest BCUT2D eigenvalue weighted by Gasteiger charge is -2.13. The maximum Gasteiger partial charge on any atom is 0.251 e. The molecule has 146 valence electrons. The second kappa shape index (κ2) is 11.9. The van der Waals surface area contributed by atoms with Crippen LogP contribution in [0, 0.1) is 5.82 Å². The van der Waals surface area contributed by atoms with Gasteiger partial charge in [-0.2, -0.15) is 0 Å². The molecular formula is C19H23BrFIN4O. The summed E-state index contributed by atoms with van der Waals surface area (Å²) in [5.41, 5.74) is 2.25. The second-order valence-electron chi connectivity index (χ2n) is 5.62. The average Bonchev–Trinajstić information content (AvgIpc) is 2.65. The van der Waals surface area contributed by atoms with Crippen molar-refractivity contribution in [2.24, 2.45) is 4.99 Å². The van der Waals surface area contributed by atoms with Crippen LogP contribution in [-0.4, -0.2) is 32.5 Å². The van der Waals surface area contributed by atoms with E-state index in [2.05, 4.69) is 36.9 Å². The van der Waals surface area contributed by atoms with Crippen LogP contribution in [0.1, 0.15) is 21.5 Å². The van der Waals surface area contributed by atoms with Gasteiger partial charge in [-0.3, -0.25) is 9.79 Å². The third kappa shape index (κ3) is 7.45. The third-order valence-corrected chi connectivity index (χ3v) is 4.30. The Morgan fingerprint density at radius 2 is 1.96 bits per heavy atom. The molecule has 5 nitrogen and oxygen atoms in total. The number of hydrogen-bond acceptors (Lipinski definition) is 2. The molecule has 27 heavy (non-hydrogen) atoms. The maximum absolute atomic E-state index is 13.8. The Morgan fingerprint density at radius 3 is 2.63 bits per heavy atom. The highest BCUT2D eigenvalue weighted by Gasteiger charge is 2.06. The molecule has 1 amide bonds. The van der Waals surface area contributed by atoms with Crippen molar-refractivity contribution in [1.29, 1.82) is 0 Å². The zero-order valence-corrected chi connectivity index (χ0v) is 19.1. The van der Waals surface area contributed by atoms with Gasteiger partial charge in [-0.1, -0.05) is 34.1 Å². The van der Waals surface area contributed by atoms with Crippen molar-refractivity contribution in [3.63, 3.8) is 0 Å². The fraction of sp³-hybridized carbons (Fsp3) is 0.263. The van der Waals surface area contributed by atoms with Crippen LogP contribution in [-0.2, 0) is 13.0 Å². The summed E-state index contributed by atoms with van der Waals surface area (Å²) in [5.74, 6) is 0.219. The van der Waals surface area contributed by atoms with E-state index in [9.17, 15) is 9.18 Å². The number of rotatable bonds is 6. The molecule has 0 aromatic heterocycles. The highest BCUT2D eigenvalue weighted by Crippen LogP contribution is 2.15. The fourth-order valence-corrected chi connectivity index (χ4v) is 2.74. The minimum atomic E-state index is -0.270. The number of guanidine groups is 1. The van der Waals surface area contributed by atoms with Gasteiger partial charge >= 0.3 is 0 Å². The molecule has 0 bridgehead atoms. The summed E-state index contributed by atoms with van der Waals surface area (Å²) < 4.78 is 14.6. The van der Waals surface area contributed by atoms with E-state index in [1.807, 2.05) is 18.2 Å². The molecule has 0 fully saturated rings. The molecule has 2 rings (SSSR count). The van der Waals surface area contributed by atoms with Crippen LogP contribution >= 0.6 is 39.9 Å². The van der Waals surface area contributed by atoms with E-state index in [1.165, 1.54) is 6.07 Å². The average molecular weight is 549 g/mol. The molecule has 3 N–H and O–H groups in total. The predicted molar refractivity (Wildman–Crippen MR) is 121 cm³/mol. The van der Waals surface area contributed by atoms with Gasteiger partial charge in [0.2, 0.25) is 0 Å². The largest absolute Gasteiger partial charge is 0.356 e. The Labute approximate surface area is 184 Å². The van der Waals surface area contributed by atoms with E-state index < -0.39 is 0 Å². The SMILES string of the molecule is CN=C(NCCc1cccc(C(=O)NC)c1)NCc1ccc(Br)cc1F.I. The Hall–Kier alpha value is -1.68. The first-order valence-electron chi connectivity index (χ1n) is 8.23. The van der Waals surface area contributed by atoms with Crippen LogP contribution in [0.25, 0.3) is 0 Å². The minimum Gasteiger partial charge on any atom is -0.356 e. The van der Waals surface area contributed by atoms with Crippen LogP contribution in [0.5, 0.6) is 0 Å². The lowest BCUT2D eigenvalue weighted by atomic mass is 10.1. The van der Waals surface area contributed by atoms with Gasteiger partial charge in [0.25, 0.3) is 5.91 Å². The normalized spacial score (nSPS) is 10.7. The smallest absolute Gasteiger partial charge is 0.251 e. The van der Waals surface area contributed by atoms with E-state index >= 15 is 0 Å². The summed E-state index contributed by atoms with van der Waals surface area (Å²) in [6.45, 7) is 0.977. The van der Waals surface area contributed by atoms with E-state index in [0.717, 1.165) is 12.0 Å². The number of hydrogen-bond donors (Lipinski definition) is 3. The Balaban J connectivity index is 0.00000364. The molecule has 0 aliphatic carbocycles. The van der Waals surface area contributed by atoms with Crippen LogP contribution in [0.3, 0.4) is 0 Å². The number of carbonyl (C=O) groups is 1. The molecular weight excluding hydrogens is 526 g/mol. The minimum absolute atomic E-state index is 0. The molecule has 8 heteroatoms. The third-order valence-electron chi connectivity index (χ3n) is 3.81. The molecule has 0 saturated heterocycles. The van der Waals surface area contributed by atoms with Gasteiger partial charge in [0.05, 0.1) is 0 Å². The number of aliphatic imine (C=N–C) groups is 1. The number of carbonyl (C=O) groups excluding carboxylic acids is 1. The van der Waals surface area contributed by atoms with Crippen molar-refractivity contribution in [1.82, 2.24) is 16.0 Å². The molecule has 0 aliphatic rings. The molecule has 2 aromatic carbocycles. The summed E-state index contributed by atoms with van der Waals surface area (Å²) in [6, 6.07) is 12.5. The van der Waals surface area contributed by atoms with Gasteiger partial charge in [0.1, 0.15) is 5.82 Å². The van der Waals surface area contributed by atoms with Crippen molar-refractivity contribution < 1.29 is 9.18 Å². The summed E-state index contributed by atoms with van der Waals surface area (Å²) in [6.07, 6.45) is 0.734. The molecule has 0 atom stereocenters. The lowest BCUT2D eigenvalue weighted by Crippen LogP contribution is -2.38. The van der Waals surface area contributed by atoms with Gasteiger partial charge in [-0.05, 0) is 36.2 Å². The second-order valence-corrected chi connectivity index (χ2v) is 6.53. The molecule has 2 aromatic rings. The summed E-state index contributed by atoms with van der Waals surface area (Å²) in [7, 11) is 3.28. The zero-order valence-electron chi connectivity index (χ0n) is 15.2. The molecule has 0 radical (unpaired) electrons. The van der Waals surface area contributed by atoms with Gasteiger partial charge < -0.3 is 16.0 Å². The van der Waals surface area contributed by atoms with Crippen LogP contribution in [0.2, 0.25) is 0 Å². The van der Waals surface area contributed by atoms with Crippen molar-refractivity contribution in [2.45, 2.75) is 13.0 Å². The van der Waals surface area contributed by atoms with Crippen molar-refractivity contribution in [3.05, 3.63) is 69.4 Å². The van der Waals surface area contributed by atoms with Gasteiger partial charge in [0.15, 0.2) is 5.96 Å². The Bertz CT molecular complexity index is 801. The van der Waals surface area contributed by atoms with Crippen LogP contribution in [0.4, 0.5) is 4.39 Å². The fourth-order valence-electron chi connectivity index (χ4n) is 2.40. The van der Waals surface area contributed by atoms with E-state index in [4.69, 9.17) is 0 Å². The van der Waals surface area contributed by atoms with E-state index in [-0.39, 0.29) is 35.7 Å². The first kappa shape index (κ1) is 23.4. The molecule has 0 spiro atoms. The quantitative estimate of drug-likeness (QED) is 0.294. The van der Waals surface area contributed by atoms with Gasteiger partial charge in [-0.25, -0.2) is 4.39 Å². The predicted octanol–water partition coefficient (Wildman–Crippen LogP) is 3.47. The zero-order chi connectivity index (χ0) is 18.9. The number of amides is 1. The standard InChI is InChI=1S/C19H22BrFN4O.HI/c1-22-18(26)14-5-3-4-13(10-14)8-9-24-19(23-2)25-12-15-6-7-16(20)11-17(15)21;/h3-7,10-11H,8-9,12H2,1-2H3,(H,22,26)(H2,23,24,25);1H. The van der Waals surface area contributed by atoms with E-state index in [1.54, 1.807) is 32.3 Å².